The lowest BCUT2D eigenvalue weighted by atomic mass is 10.1. The smallest absolute Gasteiger partial charge is 0.281 e. The zero-order valence-corrected chi connectivity index (χ0v) is 19.7. The Morgan fingerprint density at radius 3 is 2.18 bits per heavy atom. The van der Waals surface area contributed by atoms with Crippen molar-refractivity contribution in [3.8, 4) is 11.4 Å². The van der Waals surface area contributed by atoms with Gasteiger partial charge >= 0.3 is 0 Å². The quantitative estimate of drug-likeness (QED) is 0.468. The first kappa shape index (κ1) is 21.0. The molecule has 2 aliphatic heterocycles. The highest BCUT2D eigenvalue weighted by Crippen LogP contribution is 2.29. The first-order valence-electron chi connectivity index (χ1n) is 12.0. The van der Waals surface area contributed by atoms with Crippen LogP contribution in [-0.2, 0) is 4.74 Å². The summed E-state index contributed by atoms with van der Waals surface area (Å²) in [7, 11) is 0. The molecule has 0 spiro atoms. The number of benzene rings is 2. The van der Waals surface area contributed by atoms with Gasteiger partial charge in [-0.2, -0.15) is 9.78 Å². The molecule has 7 nitrogen and oxygen atoms in total. The molecule has 0 N–H and O–H groups in total. The number of anilines is 2. The summed E-state index contributed by atoms with van der Waals surface area (Å²) >= 11 is 0. The van der Waals surface area contributed by atoms with Crippen molar-refractivity contribution in [2.24, 2.45) is 0 Å². The first-order chi connectivity index (χ1) is 16.6. The Morgan fingerprint density at radius 1 is 0.794 bits per heavy atom. The highest BCUT2D eigenvalue weighted by molar-refractivity contribution is 5.88. The number of aryl methyl sites for hydroxylation is 2. The molecule has 6 rings (SSSR count). The molecule has 4 aromatic rings. The number of ether oxygens (including phenoxy) is 1. The van der Waals surface area contributed by atoms with Crippen LogP contribution in [0.3, 0.4) is 0 Å². The van der Waals surface area contributed by atoms with Gasteiger partial charge in [0.25, 0.3) is 5.56 Å². The van der Waals surface area contributed by atoms with Crippen molar-refractivity contribution in [2.75, 3.05) is 49.2 Å². The fourth-order valence-corrected chi connectivity index (χ4v) is 5.16. The van der Waals surface area contributed by atoms with Gasteiger partial charge in [0.2, 0.25) is 0 Å². The second-order valence-corrected chi connectivity index (χ2v) is 9.13. The third-order valence-corrected chi connectivity index (χ3v) is 7.18. The van der Waals surface area contributed by atoms with E-state index in [1.54, 1.807) is 0 Å². The topological polar surface area (TPSA) is 55.5 Å². The van der Waals surface area contributed by atoms with Crippen LogP contribution in [0.25, 0.3) is 22.1 Å². The normalized spacial score (nSPS) is 16.2. The summed E-state index contributed by atoms with van der Waals surface area (Å²) in [4.78, 5) is 18.3. The van der Waals surface area contributed by atoms with Crippen molar-refractivity contribution < 1.29 is 4.74 Å². The monoisotopic (exact) mass is 455 g/mol. The number of morpholine rings is 1. The van der Waals surface area contributed by atoms with Gasteiger partial charge in [0.1, 0.15) is 0 Å². The molecule has 0 saturated carbocycles. The Morgan fingerprint density at radius 2 is 1.47 bits per heavy atom. The van der Waals surface area contributed by atoms with Gasteiger partial charge in [-0.1, -0.05) is 6.07 Å². The molecule has 7 heteroatoms. The molecule has 0 bridgehead atoms. The van der Waals surface area contributed by atoms with Crippen LogP contribution in [-0.4, -0.2) is 53.7 Å². The van der Waals surface area contributed by atoms with E-state index in [0.29, 0.717) is 0 Å². The number of aromatic nitrogens is 3. The molecule has 174 valence electrons. The van der Waals surface area contributed by atoms with Gasteiger partial charge in [0.15, 0.2) is 0 Å². The van der Waals surface area contributed by atoms with Gasteiger partial charge in [-0.3, -0.25) is 4.79 Å². The van der Waals surface area contributed by atoms with Crippen molar-refractivity contribution >= 4 is 22.1 Å². The highest BCUT2D eigenvalue weighted by atomic mass is 16.5. The van der Waals surface area contributed by atoms with Crippen molar-refractivity contribution in [1.29, 1.82) is 0 Å². The van der Waals surface area contributed by atoms with E-state index in [1.165, 1.54) is 16.8 Å². The molecule has 4 heterocycles. The van der Waals surface area contributed by atoms with Gasteiger partial charge in [0.05, 0.1) is 30.5 Å². The fraction of sp³-hybridized carbons (Fsp3) is 0.333. The summed E-state index contributed by atoms with van der Waals surface area (Å²) in [5, 5.41) is 6.17. The van der Waals surface area contributed by atoms with Crippen LogP contribution in [0.15, 0.2) is 59.5 Å². The summed E-state index contributed by atoms with van der Waals surface area (Å²) in [5.41, 5.74) is 6.12. The molecule has 2 aliphatic rings. The molecule has 2 aromatic carbocycles. The molecule has 2 aromatic heterocycles. The fourth-order valence-electron chi connectivity index (χ4n) is 5.16. The summed E-state index contributed by atoms with van der Waals surface area (Å²) in [5.74, 6) is 0. The summed E-state index contributed by atoms with van der Waals surface area (Å²) in [6.45, 7) is 9.56. The number of fused-ring (bicyclic) bond motifs is 1. The van der Waals surface area contributed by atoms with E-state index in [-0.39, 0.29) is 5.56 Å². The van der Waals surface area contributed by atoms with E-state index >= 15 is 0 Å². The number of nitrogens with zero attached hydrogens (tertiary/aromatic N) is 5. The standard InChI is InChI=1S/C27H29N5O2/c1-19-25-18-28-32(22-9-7-21(8-10-22)30-13-15-34-16-14-30)27(33)26(25)20(2)31(19)24-6-3-5-23(17-24)29-11-4-12-29/h3,5-10,17-18H,4,11-16H2,1-2H3. The molecule has 2 fully saturated rings. The van der Waals surface area contributed by atoms with Gasteiger partial charge in [-0.15, -0.1) is 0 Å². The number of rotatable bonds is 4. The van der Waals surface area contributed by atoms with Gasteiger partial charge in [-0.25, -0.2) is 0 Å². The van der Waals surface area contributed by atoms with E-state index < -0.39 is 0 Å². The maximum absolute atomic E-state index is 13.6. The minimum absolute atomic E-state index is 0.0881. The van der Waals surface area contributed by atoms with Crippen LogP contribution in [0.1, 0.15) is 17.8 Å². The summed E-state index contributed by atoms with van der Waals surface area (Å²) in [6.07, 6.45) is 3.07. The van der Waals surface area contributed by atoms with Gasteiger partial charge in [0, 0.05) is 60.0 Å². The van der Waals surface area contributed by atoms with Gasteiger partial charge < -0.3 is 19.1 Å². The number of hydrogen-bond donors (Lipinski definition) is 0. The maximum Gasteiger partial charge on any atom is 0.281 e. The SMILES string of the molecule is Cc1c2cnn(-c3ccc(N4CCOCC4)cc3)c(=O)c2c(C)n1-c1cccc(N2CCC2)c1. The summed E-state index contributed by atoms with van der Waals surface area (Å²) < 4.78 is 9.15. The molecule has 0 amide bonds. The maximum atomic E-state index is 13.6. The Labute approximate surface area is 198 Å². The second-order valence-electron chi connectivity index (χ2n) is 9.13. The van der Waals surface area contributed by atoms with Crippen LogP contribution in [0.2, 0.25) is 0 Å². The van der Waals surface area contributed by atoms with E-state index in [4.69, 9.17) is 4.74 Å². The summed E-state index contributed by atoms with van der Waals surface area (Å²) in [6, 6.07) is 16.6. The molecular weight excluding hydrogens is 426 g/mol. The zero-order valence-electron chi connectivity index (χ0n) is 19.7. The minimum Gasteiger partial charge on any atom is -0.378 e. The molecule has 34 heavy (non-hydrogen) atoms. The van der Waals surface area contributed by atoms with Crippen molar-refractivity contribution in [1.82, 2.24) is 14.3 Å². The highest BCUT2D eigenvalue weighted by Gasteiger charge is 2.20. The molecule has 2 saturated heterocycles. The van der Waals surface area contributed by atoms with E-state index in [2.05, 4.69) is 62.8 Å². The largest absolute Gasteiger partial charge is 0.378 e. The lowest BCUT2D eigenvalue weighted by Crippen LogP contribution is -2.36. The molecule has 0 aliphatic carbocycles. The van der Waals surface area contributed by atoms with Crippen LogP contribution in [0.4, 0.5) is 11.4 Å². The average Bonchev–Trinajstić information content (AvgIpc) is 3.09. The van der Waals surface area contributed by atoms with E-state index in [9.17, 15) is 4.79 Å². The van der Waals surface area contributed by atoms with E-state index in [1.807, 2.05) is 25.3 Å². The first-order valence-corrected chi connectivity index (χ1v) is 12.0. The Kier molecular flexibility index (Phi) is 5.14. The molecule has 0 radical (unpaired) electrons. The average molecular weight is 456 g/mol. The number of hydrogen-bond acceptors (Lipinski definition) is 5. The lowest BCUT2D eigenvalue weighted by molar-refractivity contribution is 0.122. The second kappa shape index (κ2) is 8.33. The third-order valence-electron chi connectivity index (χ3n) is 7.18. The predicted molar refractivity (Wildman–Crippen MR) is 136 cm³/mol. The Balaban J connectivity index is 1.40. The van der Waals surface area contributed by atoms with Crippen LogP contribution in [0, 0.1) is 13.8 Å². The molecule has 0 atom stereocenters. The van der Waals surface area contributed by atoms with Crippen molar-refractivity contribution in [3.05, 3.63) is 76.5 Å². The minimum atomic E-state index is -0.0881. The van der Waals surface area contributed by atoms with Crippen LogP contribution < -0.4 is 15.4 Å². The van der Waals surface area contributed by atoms with Crippen LogP contribution in [0.5, 0.6) is 0 Å². The van der Waals surface area contributed by atoms with E-state index in [0.717, 1.165) is 78.6 Å². The molecule has 0 unspecified atom stereocenters. The lowest BCUT2D eigenvalue weighted by Gasteiger charge is -2.33. The Bertz CT molecular complexity index is 1410. The van der Waals surface area contributed by atoms with Crippen molar-refractivity contribution in [3.63, 3.8) is 0 Å². The zero-order chi connectivity index (χ0) is 23.2. The Hall–Kier alpha value is -3.58. The molecular formula is C27H29N5O2. The predicted octanol–water partition coefficient (Wildman–Crippen LogP) is 3.84. The van der Waals surface area contributed by atoms with Crippen molar-refractivity contribution in [2.45, 2.75) is 20.3 Å². The third kappa shape index (κ3) is 3.39. The van der Waals surface area contributed by atoms with Gasteiger partial charge in [-0.05, 0) is 62.7 Å². The van der Waals surface area contributed by atoms with Crippen LogP contribution >= 0.6 is 0 Å².